The number of benzene rings is 1. The van der Waals surface area contributed by atoms with Gasteiger partial charge in [0.1, 0.15) is 0 Å². The third kappa shape index (κ3) is 10.6. The van der Waals surface area contributed by atoms with Crippen molar-refractivity contribution in [3.05, 3.63) is 40.4 Å². The van der Waals surface area contributed by atoms with E-state index in [0.29, 0.717) is 24.6 Å². The molecule has 14 heteroatoms. The van der Waals surface area contributed by atoms with Crippen LogP contribution in [0.5, 0.6) is 0 Å². The molecule has 1 aromatic heterocycles. The second kappa shape index (κ2) is 14.5. The maximum Gasteiger partial charge on any atom is 0.432 e. The highest BCUT2D eigenvalue weighted by atomic mass is 32.1. The topological polar surface area (TPSA) is 199 Å². The van der Waals surface area contributed by atoms with Crippen LogP contribution in [-0.4, -0.2) is 70.6 Å². The summed E-state index contributed by atoms with van der Waals surface area (Å²) in [4.78, 5) is 53.9. The summed E-state index contributed by atoms with van der Waals surface area (Å²) in [5, 5.41) is 24.6. The third-order valence-corrected chi connectivity index (χ3v) is 6.33. The van der Waals surface area contributed by atoms with E-state index in [1.165, 1.54) is 18.3 Å². The van der Waals surface area contributed by atoms with Gasteiger partial charge >= 0.3 is 12.2 Å². The van der Waals surface area contributed by atoms with Gasteiger partial charge in [-0.1, -0.05) is 12.1 Å². The summed E-state index contributed by atoms with van der Waals surface area (Å²) in [6, 6.07) is 7.65. The smallest absolute Gasteiger partial charge is 0.432 e. The molecule has 1 saturated heterocycles. The molecule has 37 heavy (non-hydrogen) atoms. The minimum atomic E-state index is -1.33. The van der Waals surface area contributed by atoms with Crippen molar-refractivity contribution in [1.29, 1.82) is 0 Å². The summed E-state index contributed by atoms with van der Waals surface area (Å²) < 4.78 is 0. The van der Waals surface area contributed by atoms with Gasteiger partial charge in [-0.05, 0) is 43.5 Å². The van der Waals surface area contributed by atoms with E-state index in [9.17, 15) is 14.4 Å². The lowest BCUT2D eigenvalue weighted by molar-refractivity contribution is -0.124. The highest BCUT2D eigenvalue weighted by Crippen LogP contribution is 2.28. The number of nitrogens with one attached hydrogen (secondary N) is 3. The minimum Gasteiger partial charge on any atom is -0.465 e. The highest BCUT2D eigenvalue weighted by molar-refractivity contribution is 7.15. The number of likely N-dealkylation sites (tertiary alicyclic amines) is 1. The first kappa shape index (κ1) is 29.2. The molecule has 1 aliphatic heterocycles. The number of hydrogen-bond donors (Lipinski definition) is 6. The van der Waals surface area contributed by atoms with Crippen molar-refractivity contribution in [2.45, 2.75) is 32.7 Å². The largest absolute Gasteiger partial charge is 0.465 e. The summed E-state index contributed by atoms with van der Waals surface area (Å²) in [5.74, 6) is -0.0702. The fraction of sp³-hybridized carbons (Fsp3) is 0.391. The van der Waals surface area contributed by atoms with Gasteiger partial charge in [0, 0.05) is 37.6 Å². The summed E-state index contributed by atoms with van der Waals surface area (Å²) in [6.07, 6.45) is 0.862. The Bertz CT molecular complexity index is 1120. The van der Waals surface area contributed by atoms with Crippen LogP contribution < -0.4 is 21.7 Å². The van der Waals surface area contributed by atoms with Gasteiger partial charge in [-0.3, -0.25) is 14.5 Å². The lowest BCUT2D eigenvalue weighted by Gasteiger charge is -2.15. The molecular formula is C23H31N7O6S. The van der Waals surface area contributed by atoms with Gasteiger partial charge in [-0.15, -0.1) is 11.3 Å². The number of thiazole rings is 1. The fourth-order valence-electron chi connectivity index (χ4n) is 3.70. The Kier molecular flexibility index (Phi) is 11.4. The quantitative estimate of drug-likeness (QED) is 0.206. The molecule has 0 bridgehead atoms. The Balaban J connectivity index is 0.00000112. The molecule has 200 valence electrons. The van der Waals surface area contributed by atoms with E-state index in [0.717, 1.165) is 47.5 Å². The molecule has 3 rings (SSSR count). The Morgan fingerprint density at radius 3 is 2.49 bits per heavy atom. The number of primary amides is 1. The van der Waals surface area contributed by atoms with E-state index in [4.69, 9.17) is 15.0 Å². The number of rotatable bonds is 9. The number of carbonyl (C=O) groups is 4. The van der Waals surface area contributed by atoms with Crippen molar-refractivity contribution >= 4 is 52.5 Å². The van der Waals surface area contributed by atoms with E-state index < -0.39 is 12.2 Å². The standard InChI is InChI=1S/C22H28N6O4S.CH3NO2/c1-14(29)26-21-27-18(19(33-21)12-28-10-9-16(11-28)20(30)23-2)8-5-15-3-6-17(7-4-15)24-13-25-22(31)32;2-1(3)4/h3-4,6-7,13,16H,5,8-12H2,1-2H3,(H,23,30)(H,24,25)(H,31,32)(H,26,27,29);2H2,(H,3,4)/t16-;/m0./s1. The first-order valence-corrected chi connectivity index (χ1v) is 12.2. The van der Waals surface area contributed by atoms with Crippen LogP contribution in [0.1, 0.15) is 29.5 Å². The fourth-order valence-corrected chi connectivity index (χ4v) is 4.79. The van der Waals surface area contributed by atoms with E-state index >= 15 is 0 Å². The first-order valence-electron chi connectivity index (χ1n) is 11.4. The molecule has 0 radical (unpaired) electrons. The van der Waals surface area contributed by atoms with Crippen LogP contribution in [0.3, 0.4) is 0 Å². The molecular weight excluding hydrogens is 502 g/mol. The zero-order chi connectivity index (χ0) is 27.4. The van der Waals surface area contributed by atoms with E-state index in [1.54, 1.807) is 7.05 Å². The molecule has 1 aromatic carbocycles. The molecule has 1 fully saturated rings. The molecule has 0 unspecified atom stereocenters. The van der Waals surface area contributed by atoms with Gasteiger partial charge in [0.2, 0.25) is 11.8 Å². The van der Waals surface area contributed by atoms with Crippen molar-refractivity contribution in [1.82, 2.24) is 15.2 Å². The molecule has 0 aliphatic carbocycles. The molecule has 1 aliphatic rings. The maximum absolute atomic E-state index is 11.9. The van der Waals surface area contributed by atoms with E-state index in [-0.39, 0.29) is 17.7 Å². The maximum atomic E-state index is 11.9. The predicted octanol–water partition coefficient (Wildman–Crippen LogP) is 2.20. The lowest BCUT2D eigenvalue weighted by atomic mass is 10.1. The Labute approximate surface area is 217 Å². The first-order chi connectivity index (χ1) is 17.6. The van der Waals surface area contributed by atoms with Gasteiger partial charge in [0.25, 0.3) is 0 Å². The number of hydrogen-bond acceptors (Lipinski definition) is 7. The molecule has 13 nitrogen and oxygen atoms in total. The average molecular weight is 534 g/mol. The second-order valence-electron chi connectivity index (χ2n) is 8.13. The molecule has 0 saturated carbocycles. The number of aryl methyl sites for hydroxylation is 2. The van der Waals surface area contributed by atoms with Crippen LogP contribution in [0.4, 0.5) is 20.4 Å². The van der Waals surface area contributed by atoms with Gasteiger partial charge < -0.3 is 31.9 Å². The summed E-state index contributed by atoms with van der Waals surface area (Å²) in [5.41, 5.74) is 6.82. The average Bonchev–Trinajstić information content (AvgIpc) is 3.44. The van der Waals surface area contributed by atoms with Crippen LogP contribution >= 0.6 is 11.3 Å². The van der Waals surface area contributed by atoms with Gasteiger partial charge in [-0.2, -0.15) is 4.99 Å². The SMILES string of the molecule is CNC(=O)[C@H]1CCN(Cc2sc(NC(C)=O)nc2CCc2ccc(NC=NC(=O)O)cc2)C1.NC(=O)O. The summed E-state index contributed by atoms with van der Waals surface area (Å²) in [6.45, 7) is 3.73. The third-order valence-electron chi connectivity index (χ3n) is 5.33. The highest BCUT2D eigenvalue weighted by Gasteiger charge is 2.28. The van der Waals surface area contributed by atoms with Crippen LogP contribution in [0.15, 0.2) is 29.3 Å². The van der Waals surface area contributed by atoms with Gasteiger partial charge in [0.15, 0.2) is 5.13 Å². The number of amides is 4. The Morgan fingerprint density at radius 1 is 1.22 bits per heavy atom. The van der Waals surface area contributed by atoms with Crippen molar-refractivity contribution in [3.8, 4) is 0 Å². The van der Waals surface area contributed by atoms with Crippen LogP contribution in [0, 0.1) is 5.92 Å². The number of aliphatic imine (C=N–C) groups is 1. The minimum absolute atomic E-state index is 0.00820. The number of carbonyl (C=O) groups excluding carboxylic acids is 2. The van der Waals surface area contributed by atoms with Gasteiger partial charge in [0.05, 0.1) is 18.0 Å². The second-order valence-corrected chi connectivity index (χ2v) is 9.21. The van der Waals surface area contributed by atoms with E-state index in [2.05, 4.69) is 36.6 Å². The summed E-state index contributed by atoms with van der Waals surface area (Å²) in [7, 11) is 1.66. The number of anilines is 2. The Hall–Kier alpha value is -4.04. The normalized spacial score (nSPS) is 15.0. The molecule has 4 amide bonds. The molecule has 0 spiro atoms. The molecule has 2 aromatic rings. The van der Waals surface area contributed by atoms with Gasteiger partial charge in [-0.25, -0.2) is 14.6 Å². The predicted molar refractivity (Wildman–Crippen MR) is 140 cm³/mol. The zero-order valence-electron chi connectivity index (χ0n) is 20.6. The number of aromatic nitrogens is 1. The number of nitrogens with zero attached hydrogens (tertiary/aromatic N) is 3. The van der Waals surface area contributed by atoms with Crippen LogP contribution in [-0.2, 0) is 29.0 Å². The van der Waals surface area contributed by atoms with Crippen molar-refractivity contribution in [2.24, 2.45) is 16.6 Å². The van der Waals surface area contributed by atoms with Crippen molar-refractivity contribution in [2.75, 3.05) is 30.8 Å². The monoisotopic (exact) mass is 533 g/mol. The lowest BCUT2D eigenvalue weighted by Crippen LogP contribution is -2.30. The van der Waals surface area contributed by atoms with Crippen LogP contribution in [0.25, 0.3) is 0 Å². The van der Waals surface area contributed by atoms with Crippen molar-refractivity contribution < 1.29 is 29.4 Å². The molecule has 1 atom stereocenters. The zero-order valence-corrected chi connectivity index (χ0v) is 21.4. The number of carboxylic acid groups (broad SMARTS) is 2. The van der Waals surface area contributed by atoms with Crippen LogP contribution in [0.2, 0.25) is 0 Å². The molecule has 7 N–H and O–H groups in total. The van der Waals surface area contributed by atoms with E-state index in [1.807, 2.05) is 24.3 Å². The molecule has 2 heterocycles. The Morgan fingerprint density at radius 2 is 1.89 bits per heavy atom. The number of nitrogens with two attached hydrogens (primary N) is 1. The summed E-state index contributed by atoms with van der Waals surface area (Å²) >= 11 is 1.48. The van der Waals surface area contributed by atoms with Crippen molar-refractivity contribution in [3.63, 3.8) is 0 Å².